The number of likely N-dealkylation sites (N-methyl/N-ethyl adjacent to an activating group) is 1. The van der Waals surface area contributed by atoms with Crippen LogP contribution in [0.5, 0.6) is 5.75 Å². The largest absolute Gasteiger partial charge is 0.494 e. The summed E-state index contributed by atoms with van der Waals surface area (Å²) in [6.07, 6.45) is 0.718. The van der Waals surface area contributed by atoms with Crippen LogP contribution >= 0.6 is 0 Å². The molecule has 1 aromatic carbocycles. The van der Waals surface area contributed by atoms with Gasteiger partial charge in [-0.15, -0.1) is 0 Å². The van der Waals surface area contributed by atoms with Crippen molar-refractivity contribution in [1.29, 1.82) is 0 Å². The van der Waals surface area contributed by atoms with E-state index in [0.717, 1.165) is 12.2 Å². The Morgan fingerprint density at radius 1 is 1.44 bits per heavy atom. The molecule has 100 valence electrons. The highest BCUT2D eigenvalue weighted by Gasteiger charge is 2.16. The molecule has 3 N–H and O–H groups in total. The van der Waals surface area contributed by atoms with Crippen molar-refractivity contribution in [2.24, 2.45) is 5.73 Å². The molecule has 0 saturated heterocycles. The monoisotopic (exact) mass is 252 g/mol. The van der Waals surface area contributed by atoms with Crippen molar-refractivity contribution in [3.05, 3.63) is 30.3 Å². The molecule has 0 bridgehead atoms. The average molecular weight is 252 g/mol. The number of hydrogen-bond acceptors (Lipinski definition) is 4. The molecule has 1 atom stereocenters. The Bertz CT molecular complexity index is 357. The van der Waals surface area contributed by atoms with E-state index in [4.69, 9.17) is 15.6 Å². The maximum atomic E-state index is 11.5. The van der Waals surface area contributed by atoms with Crippen LogP contribution in [0.1, 0.15) is 6.42 Å². The van der Waals surface area contributed by atoms with Gasteiger partial charge in [0, 0.05) is 13.6 Å². The van der Waals surface area contributed by atoms with E-state index in [-0.39, 0.29) is 12.5 Å². The second kappa shape index (κ2) is 7.68. The molecule has 0 saturated carbocycles. The Morgan fingerprint density at radius 2 is 2.11 bits per heavy atom. The van der Waals surface area contributed by atoms with Crippen LogP contribution in [0, 0.1) is 0 Å². The van der Waals surface area contributed by atoms with Gasteiger partial charge < -0.3 is 20.5 Å². The van der Waals surface area contributed by atoms with E-state index < -0.39 is 6.04 Å². The van der Waals surface area contributed by atoms with Crippen LogP contribution in [-0.4, -0.2) is 48.8 Å². The minimum Gasteiger partial charge on any atom is -0.494 e. The Hall–Kier alpha value is -1.59. The third kappa shape index (κ3) is 4.73. The number of carbonyl (C=O) groups is 1. The number of hydrogen-bond donors (Lipinski definition) is 2. The van der Waals surface area contributed by atoms with Crippen LogP contribution in [0.3, 0.4) is 0 Å². The molecule has 0 aliphatic rings. The maximum absolute atomic E-state index is 11.5. The van der Waals surface area contributed by atoms with Crippen LogP contribution in [0.15, 0.2) is 30.3 Å². The first-order chi connectivity index (χ1) is 8.65. The average Bonchev–Trinajstić information content (AvgIpc) is 2.42. The molecule has 0 spiro atoms. The number of para-hydroxylation sites is 1. The first-order valence-electron chi connectivity index (χ1n) is 5.94. The van der Waals surface area contributed by atoms with E-state index in [0.29, 0.717) is 13.2 Å². The zero-order chi connectivity index (χ0) is 13.4. The van der Waals surface area contributed by atoms with Gasteiger partial charge in [0.25, 0.3) is 0 Å². The summed E-state index contributed by atoms with van der Waals surface area (Å²) in [5, 5.41) is 8.78. The predicted octanol–water partition coefficient (Wildman–Crippen LogP) is 0.233. The SMILES string of the molecule is CN(CCCOc1ccccc1)C(=O)C(N)CO. The van der Waals surface area contributed by atoms with Crippen LogP contribution in [-0.2, 0) is 4.79 Å². The first kappa shape index (κ1) is 14.5. The number of amides is 1. The van der Waals surface area contributed by atoms with Crippen molar-refractivity contribution in [2.75, 3.05) is 26.8 Å². The number of nitrogens with zero attached hydrogens (tertiary/aromatic N) is 1. The Labute approximate surface area is 107 Å². The number of benzene rings is 1. The molecule has 5 nitrogen and oxygen atoms in total. The van der Waals surface area contributed by atoms with Gasteiger partial charge in [0.1, 0.15) is 11.8 Å². The smallest absolute Gasteiger partial charge is 0.241 e. The van der Waals surface area contributed by atoms with E-state index in [2.05, 4.69) is 0 Å². The summed E-state index contributed by atoms with van der Waals surface area (Å²) in [6.45, 7) is 0.763. The van der Waals surface area contributed by atoms with E-state index in [1.165, 1.54) is 4.90 Å². The fourth-order valence-electron chi connectivity index (χ4n) is 1.48. The summed E-state index contributed by atoms with van der Waals surface area (Å²) >= 11 is 0. The molecular weight excluding hydrogens is 232 g/mol. The molecule has 0 aromatic heterocycles. The van der Waals surface area contributed by atoms with Gasteiger partial charge in [0.2, 0.25) is 5.91 Å². The minimum absolute atomic E-state index is 0.253. The van der Waals surface area contributed by atoms with Gasteiger partial charge in [0.15, 0.2) is 0 Å². The molecule has 1 amide bonds. The fraction of sp³-hybridized carbons (Fsp3) is 0.462. The van der Waals surface area contributed by atoms with Crippen molar-refractivity contribution in [3.8, 4) is 5.75 Å². The summed E-state index contributed by atoms with van der Waals surface area (Å²) in [7, 11) is 1.67. The quantitative estimate of drug-likeness (QED) is 0.681. The zero-order valence-corrected chi connectivity index (χ0v) is 10.6. The van der Waals surface area contributed by atoms with E-state index in [1.54, 1.807) is 7.05 Å². The van der Waals surface area contributed by atoms with Crippen molar-refractivity contribution < 1.29 is 14.6 Å². The fourth-order valence-corrected chi connectivity index (χ4v) is 1.48. The van der Waals surface area contributed by atoms with Crippen molar-refractivity contribution in [1.82, 2.24) is 4.90 Å². The van der Waals surface area contributed by atoms with Gasteiger partial charge in [-0.25, -0.2) is 0 Å². The maximum Gasteiger partial charge on any atom is 0.241 e. The highest BCUT2D eigenvalue weighted by Crippen LogP contribution is 2.08. The van der Waals surface area contributed by atoms with Gasteiger partial charge >= 0.3 is 0 Å². The molecule has 0 heterocycles. The molecule has 0 fully saturated rings. The lowest BCUT2D eigenvalue weighted by Crippen LogP contribution is -2.44. The lowest BCUT2D eigenvalue weighted by Gasteiger charge is -2.20. The normalized spacial score (nSPS) is 11.9. The lowest BCUT2D eigenvalue weighted by molar-refractivity contribution is -0.132. The topological polar surface area (TPSA) is 75.8 Å². The van der Waals surface area contributed by atoms with Crippen LogP contribution in [0.4, 0.5) is 0 Å². The van der Waals surface area contributed by atoms with Gasteiger partial charge in [-0.1, -0.05) is 18.2 Å². The number of nitrogens with two attached hydrogens (primary N) is 1. The summed E-state index contributed by atoms with van der Waals surface area (Å²) in [4.78, 5) is 13.0. The van der Waals surface area contributed by atoms with Crippen LogP contribution in [0.2, 0.25) is 0 Å². The van der Waals surface area contributed by atoms with E-state index >= 15 is 0 Å². The molecule has 0 radical (unpaired) electrons. The standard InChI is InChI=1S/C13H20N2O3/c1-15(13(17)12(14)10-16)8-5-9-18-11-6-3-2-4-7-11/h2-4,6-7,12,16H,5,8-10,14H2,1H3. The van der Waals surface area contributed by atoms with Gasteiger partial charge in [-0.3, -0.25) is 4.79 Å². The number of rotatable bonds is 7. The summed E-state index contributed by atoms with van der Waals surface area (Å²) < 4.78 is 5.50. The molecule has 18 heavy (non-hydrogen) atoms. The molecular formula is C13H20N2O3. The highest BCUT2D eigenvalue weighted by molar-refractivity contribution is 5.81. The first-order valence-corrected chi connectivity index (χ1v) is 5.94. The third-order valence-electron chi connectivity index (χ3n) is 2.54. The van der Waals surface area contributed by atoms with Crippen LogP contribution in [0.25, 0.3) is 0 Å². The van der Waals surface area contributed by atoms with Gasteiger partial charge in [-0.05, 0) is 18.6 Å². The van der Waals surface area contributed by atoms with Crippen molar-refractivity contribution in [2.45, 2.75) is 12.5 Å². The van der Waals surface area contributed by atoms with Crippen molar-refractivity contribution in [3.63, 3.8) is 0 Å². The highest BCUT2D eigenvalue weighted by atomic mass is 16.5. The molecule has 1 aromatic rings. The summed E-state index contributed by atoms with van der Waals surface area (Å²) in [6, 6.07) is 8.68. The van der Waals surface area contributed by atoms with Crippen molar-refractivity contribution >= 4 is 5.91 Å². The number of aliphatic hydroxyl groups is 1. The predicted molar refractivity (Wildman–Crippen MR) is 69.3 cm³/mol. The summed E-state index contributed by atoms with van der Waals surface area (Å²) in [5.41, 5.74) is 5.44. The lowest BCUT2D eigenvalue weighted by atomic mass is 10.3. The zero-order valence-electron chi connectivity index (χ0n) is 10.6. The van der Waals surface area contributed by atoms with Crippen LogP contribution < -0.4 is 10.5 Å². The number of ether oxygens (including phenoxy) is 1. The Kier molecular flexibility index (Phi) is 6.18. The van der Waals surface area contributed by atoms with E-state index in [9.17, 15) is 4.79 Å². The van der Waals surface area contributed by atoms with Gasteiger partial charge in [0.05, 0.1) is 13.2 Å². The molecule has 1 rings (SSSR count). The number of carbonyl (C=O) groups excluding carboxylic acids is 1. The number of aliphatic hydroxyl groups excluding tert-OH is 1. The third-order valence-corrected chi connectivity index (χ3v) is 2.54. The summed E-state index contributed by atoms with van der Waals surface area (Å²) in [5.74, 6) is 0.566. The molecule has 1 unspecified atom stereocenters. The molecule has 0 aliphatic heterocycles. The second-order valence-corrected chi connectivity index (χ2v) is 4.06. The molecule has 5 heteroatoms. The van der Waals surface area contributed by atoms with E-state index in [1.807, 2.05) is 30.3 Å². The molecule has 0 aliphatic carbocycles. The second-order valence-electron chi connectivity index (χ2n) is 4.06. The Balaban J connectivity index is 2.20. The minimum atomic E-state index is -0.829. The van der Waals surface area contributed by atoms with Gasteiger partial charge in [-0.2, -0.15) is 0 Å². The Morgan fingerprint density at radius 3 is 2.72 bits per heavy atom.